The molecule has 0 amide bonds. The van der Waals surface area contributed by atoms with Crippen molar-refractivity contribution in [2.75, 3.05) is 18.0 Å². The van der Waals surface area contributed by atoms with Crippen molar-refractivity contribution in [2.45, 2.75) is 26.2 Å². The molecule has 0 spiro atoms. The molecular formula is C14H17ClN2. The molecule has 1 aromatic carbocycles. The molecule has 3 heteroatoms. The maximum absolute atomic E-state index is 9.14. The number of benzene rings is 1. The Kier molecular flexibility index (Phi) is 3.91. The molecule has 1 aliphatic heterocycles. The SMILES string of the molecule is CCCC1CCN(c2ccc(Cl)cc2C#N)C1. The van der Waals surface area contributed by atoms with Crippen molar-refractivity contribution in [3.05, 3.63) is 28.8 Å². The van der Waals surface area contributed by atoms with E-state index in [4.69, 9.17) is 16.9 Å². The third kappa shape index (κ3) is 2.73. The Morgan fingerprint density at radius 1 is 1.53 bits per heavy atom. The number of anilines is 1. The van der Waals surface area contributed by atoms with Crippen molar-refractivity contribution in [1.29, 1.82) is 5.26 Å². The zero-order valence-corrected chi connectivity index (χ0v) is 10.9. The van der Waals surface area contributed by atoms with Crippen LogP contribution in [0.2, 0.25) is 5.02 Å². The maximum atomic E-state index is 9.14. The van der Waals surface area contributed by atoms with Gasteiger partial charge in [-0.05, 0) is 37.0 Å². The van der Waals surface area contributed by atoms with Crippen LogP contribution in [0, 0.1) is 17.2 Å². The summed E-state index contributed by atoms with van der Waals surface area (Å²) in [6, 6.07) is 7.82. The van der Waals surface area contributed by atoms with Gasteiger partial charge in [0, 0.05) is 18.1 Å². The minimum absolute atomic E-state index is 0.634. The first kappa shape index (κ1) is 12.3. The molecule has 1 unspecified atom stereocenters. The van der Waals surface area contributed by atoms with Crippen LogP contribution in [0.1, 0.15) is 31.7 Å². The molecule has 90 valence electrons. The fourth-order valence-electron chi connectivity index (χ4n) is 2.57. The van der Waals surface area contributed by atoms with E-state index in [0.29, 0.717) is 10.6 Å². The smallest absolute Gasteiger partial charge is 0.101 e. The number of hydrogen-bond donors (Lipinski definition) is 0. The average molecular weight is 249 g/mol. The maximum Gasteiger partial charge on any atom is 0.101 e. The summed E-state index contributed by atoms with van der Waals surface area (Å²) in [5, 5.41) is 9.77. The van der Waals surface area contributed by atoms with Crippen molar-refractivity contribution in [2.24, 2.45) is 5.92 Å². The lowest BCUT2D eigenvalue weighted by Gasteiger charge is -2.20. The average Bonchev–Trinajstić information content (AvgIpc) is 2.78. The van der Waals surface area contributed by atoms with Gasteiger partial charge in [-0.25, -0.2) is 0 Å². The van der Waals surface area contributed by atoms with Gasteiger partial charge in [-0.2, -0.15) is 5.26 Å². The van der Waals surface area contributed by atoms with E-state index >= 15 is 0 Å². The van der Waals surface area contributed by atoms with Crippen LogP contribution in [0.4, 0.5) is 5.69 Å². The summed E-state index contributed by atoms with van der Waals surface area (Å²) in [5.74, 6) is 0.780. The van der Waals surface area contributed by atoms with Crippen LogP contribution in [0.25, 0.3) is 0 Å². The largest absolute Gasteiger partial charge is 0.370 e. The lowest BCUT2D eigenvalue weighted by Crippen LogP contribution is -2.20. The first-order valence-corrected chi connectivity index (χ1v) is 6.57. The molecule has 0 aliphatic carbocycles. The predicted octanol–water partition coefficient (Wildman–Crippen LogP) is 3.84. The quantitative estimate of drug-likeness (QED) is 0.813. The Morgan fingerprint density at radius 2 is 2.35 bits per heavy atom. The van der Waals surface area contributed by atoms with Gasteiger partial charge in [-0.15, -0.1) is 0 Å². The molecule has 0 radical (unpaired) electrons. The molecular weight excluding hydrogens is 232 g/mol. The Balaban J connectivity index is 2.16. The molecule has 17 heavy (non-hydrogen) atoms. The Morgan fingerprint density at radius 3 is 3.06 bits per heavy atom. The monoisotopic (exact) mass is 248 g/mol. The van der Waals surface area contributed by atoms with Crippen LogP contribution < -0.4 is 4.90 Å². The van der Waals surface area contributed by atoms with Crippen LogP contribution in [0.5, 0.6) is 0 Å². The number of nitrogens with zero attached hydrogens (tertiary/aromatic N) is 2. The highest BCUT2D eigenvalue weighted by Gasteiger charge is 2.23. The normalized spacial score (nSPS) is 19.4. The van der Waals surface area contributed by atoms with E-state index in [-0.39, 0.29) is 0 Å². The van der Waals surface area contributed by atoms with Crippen LogP contribution in [-0.2, 0) is 0 Å². The van der Waals surface area contributed by atoms with Gasteiger partial charge >= 0.3 is 0 Å². The molecule has 1 atom stereocenters. The minimum atomic E-state index is 0.634. The number of hydrogen-bond acceptors (Lipinski definition) is 2. The zero-order chi connectivity index (χ0) is 12.3. The summed E-state index contributed by atoms with van der Waals surface area (Å²) < 4.78 is 0. The zero-order valence-electron chi connectivity index (χ0n) is 10.1. The van der Waals surface area contributed by atoms with Gasteiger partial charge in [-0.3, -0.25) is 0 Å². The van der Waals surface area contributed by atoms with Crippen LogP contribution in [0.3, 0.4) is 0 Å². The summed E-state index contributed by atoms with van der Waals surface area (Å²) >= 11 is 5.91. The topological polar surface area (TPSA) is 27.0 Å². The molecule has 0 N–H and O–H groups in total. The van der Waals surface area contributed by atoms with E-state index in [2.05, 4.69) is 17.9 Å². The van der Waals surface area contributed by atoms with Crippen molar-refractivity contribution in [3.8, 4) is 6.07 Å². The van der Waals surface area contributed by atoms with Crippen molar-refractivity contribution < 1.29 is 0 Å². The van der Waals surface area contributed by atoms with Gasteiger partial charge in [-0.1, -0.05) is 24.9 Å². The summed E-state index contributed by atoms with van der Waals surface area (Å²) in [6.07, 6.45) is 3.76. The summed E-state index contributed by atoms with van der Waals surface area (Å²) in [4.78, 5) is 2.31. The van der Waals surface area contributed by atoms with Crippen LogP contribution in [-0.4, -0.2) is 13.1 Å². The molecule has 2 nitrogen and oxygen atoms in total. The van der Waals surface area contributed by atoms with Gasteiger partial charge in [0.1, 0.15) is 6.07 Å². The molecule has 1 aliphatic rings. The summed E-state index contributed by atoms with van der Waals surface area (Å²) in [7, 11) is 0. The summed E-state index contributed by atoms with van der Waals surface area (Å²) in [5.41, 5.74) is 1.73. The molecule has 0 bridgehead atoms. The number of halogens is 1. The molecule has 0 aromatic heterocycles. The molecule has 0 saturated carbocycles. The van der Waals surface area contributed by atoms with Gasteiger partial charge < -0.3 is 4.90 Å². The Bertz CT molecular complexity index is 436. The van der Waals surface area contributed by atoms with E-state index < -0.39 is 0 Å². The first-order valence-electron chi connectivity index (χ1n) is 6.19. The third-order valence-corrected chi connectivity index (χ3v) is 3.64. The van der Waals surface area contributed by atoms with Gasteiger partial charge in [0.05, 0.1) is 11.3 Å². The van der Waals surface area contributed by atoms with E-state index in [1.54, 1.807) is 6.07 Å². The molecule has 1 heterocycles. The van der Waals surface area contributed by atoms with Gasteiger partial charge in [0.15, 0.2) is 0 Å². The fourth-order valence-corrected chi connectivity index (χ4v) is 2.74. The van der Waals surface area contributed by atoms with E-state index in [1.807, 2.05) is 12.1 Å². The van der Waals surface area contributed by atoms with E-state index in [0.717, 1.165) is 24.7 Å². The Hall–Kier alpha value is -1.20. The predicted molar refractivity (Wildman–Crippen MR) is 71.4 cm³/mol. The highest BCUT2D eigenvalue weighted by molar-refractivity contribution is 6.30. The molecule has 1 fully saturated rings. The number of nitriles is 1. The van der Waals surface area contributed by atoms with Crippen molar-refractivity contribution >= 4 is 17.3 Å². The molecule has 2 rings (SSSR count). The van der Waals surface area contributed by atoms with Crippen molar-refractivity contribution in [3.63, 3.8) is 0 Å². The highest BCUT2D eigenvalue weighted by atomic mass is 35.5. The van der Waals surface area contributed by atoms with E-state index in [9.17, 15) is 0 Å². The van der Waals surface area contributed by atoms with Crippen LogP contribution >= 0.6 is 11.6 Å². The molecule has 1 saturated heterocycles. The van der Waals surface area contributed by atoms with Gasteiger partial charge in [0.25, 0.3) is 0 Å². The fraction of sp³-hybridized carbons (Fsp3) is 0.500. The second-order valence-electron chi connectivity index (χ2n) is 4.66. The van der Waals surface area contributed by atoms with Crippen molar-refractivity contribution in [1.82, 2.24) is 0 Å². The Labute approximate surface area is 108 Å². The molecule has 1 aromatic rings. The van der Waals surface area contributed by atoms with E-state index in [1.165, 1.54) is 19.3 Å². The summed E-state index contributed by atoms with van der Waals surface area (Å²) in [6.45, 7) is 4.36. The second kappa shape index (κ2) is 5.42. The third-order valence-electron chi connectivity index (χ3n) is 3.40. The van der Waals surface area contributed by atoms with Gasteiger partial charge in [0.2, 0.25) is 0 Å². The van der Waals surface area contributed by atoms with Crippen LogP contribution in [0.15, 0.2) is 18.2 Å². The second-order valence-corrected chi connectivity index (χ2v) is 5.10. The minimum Gasteiger partial charge on any atom is -0.370 e. The number of rotatable bonds is 3. The first-order chi connectivity index (χ1) is 8.24. The highest BCUT2D eigenvalue weighted by Crippen LogP contribution is 2.30. The lowest BCUT2D eigenvalue weighted by molar-refractivity contribution is 0.530. The lowest BCUT2D eigenvalue weighted by atomic mass is 10.0. The standard InChI is InChI=1S/C14H17ClN2/c1-2-3-11-6-7-17(10-11)14-5-4-13(15)8-12(14)9-16/h4-5,8,11H,2-3,6-7,10H2,1H3.